The molecule has 2 fully saturated rings. The van der Waals surface area contributed by atoms with Gasteiger partial charge in [0.15, 0.2) is 0 Å². The Morgan fingerprint density at radius 3 is 2.10 bits per heavy atom. The summed E-state index contributed by atoms with van der Waals surface area (Å²) in [6, 6.07) is 14.5. The standard InChI is InChI=1S/C21H25N5O3/c27-21(22-17-7-1-2-8-18(17)23-11-5-6-12-23)25-15-13-24(14-16-25)19-9-3-4-10-20(19)26(28)29/h1-4,7-10H,5-6,11-16H2,(H,22,27). The minimum atomic E-state index is -0.357. The van der Waals surface area contributed by atoms with Crippen molar-refractivity contribution in [2.75, 3.05) is 54.4 Å². The number of para-hydroxylation sites is 4. The van der Waals surface area contributed by atoms with Crippen molar-refractivity contribution in [1.29, 1.82) is 0 Å². The maximum absolute atomic E-state index is 12.8. The summed E-state index contributed by atoms with van der Waals surface area (Å²) in [5, 5.41) is 14.3. The molecule has 0 bridgehead atoms. The van der Waals surface area contributed by atoms with Crippen LogP contribution in [0.15, 0.2) is 48.5 Å². The van der Waals surface area contributed by atoms with Gasteiger partial charge in [-0.15, -0.1) is 0 Å². The minimum Gasteiger partial charge on any atom is -0.370 e. The average Bonchev–Trinajstić information content (AvgIpc) is 3.29. The molecule has 152 valence electrons. The highest BCUT2D eigenvalue weighted by molar-refractivity contribution is 5.93. The Hall–Kier alpha value is -3.29. The molecule has 2 heterocycles. The monoisotopic (exact) mass is 395 g/mol. The first kappa shape index (κ1) is 19.0. The van der Waals surface area contributed by atoms with E-state index in [0.717, 1.165) is 24.5 Å². The molecular weight excluding hydrogens is 370 g/mol. The summed E-state index contributed by atoms with van der Waals surface area (Å²) in [4.78, 5) is 29.8. The predicted molar refractivity (Wildman–Crippen MR) is 114 cm³/mol. The van der Waals surface area contributed by atoms with Crippen LogP contribution in [0.5, 0.6) is 0 Å². The minimum absolute atomic E-state index is 0.102. The summed E-state index contributed by atoms with van der Waals surface area (Å²) < 4.78 is 0. The third kappa shape index (κ3) is 4.11. The zero-order chi connectivity index (χ0) is 20.2. The third-order valence-electron chi connectivity index (χ3n) is 5.58. The van der Waals surface area contributed by atoms with Crippen LogP contribution >= 0.6 is 0 Å². The lowest BCUT2D eigenvalue weighted by Crippen LogP contribution is -2.50. The fourth-order valence-electron chi connectivity index (χ4n) is 4.04. The van der Waals surface area contributed by atoms with E-state index in [2.05, 4.69) is 10.2 Å². The van der Waals surface area contributed by atoms with Gasteiger partial charge in [0, 0.05) is 45.3 Å². The van der Waals surface area contributed by atoms with E-state index in [1.807, 2.05) is 29.2 Å². The van der Waals surface area contributed by atoms with Crippen LogP contribution in [0.3, 0.4) is 0 Å². The van der Waals surface area contributed by atoms with Crippen LogP contribution in [0.1, 0.15) is 12.8 Å². The Bertz CT molecular complexity index is 889. The lowest BCUT2D eigenvalue weighted by atomic mass is 10.2. The number of nitro benzene ring substituents is 1. The molecule has 0 aliphatic carbocycles. The number of amides is 2. The number of benzene rings is 2. The van der Waals surface area contributed by atoms with Gasteiger partial charge < -0.3 is 20.0 Å². The molecule has 8 heteroatoms. The van der Waals surface area contributed by atoms with E-state index in [4.69, 9.17) is 0 Å². The normalized spacial score (nSPS) is 16.8. The highest BCUT2D eigenvalue weighted by Crippen LogP contribution is 2.30. The number of anilines is 3. The van der Waals surface area contributed by atoms with Crippen molar-refractivity contribution in [1.82, 2.24) is 4.90 Å². The highest BCUT2D eigenvalue weighted by atomic mass is 16.6. The Labute approximate surface area is 169 Å². The van der Waals surface area contributed by atoms with Gasteiger partial charge in [0.05, 0.1) is 16.3 Å². The van der Waals surface area contributed by atoms with Crippen molar-refractivity contribution in [3.8, 4) is 0 Å². The SMILES string of the molecule is O=C(Nc1ccccc1N1CCCC1)N1CCN(c2ccccc2[N+](=O)[O-])CC1. The largest absolute Gasteiger partial charge is 0.370 e. The van der Waals surface area contributed by atoms with E-state index in [1.165, 1.54) is 18.9 Å². The second kappa shape index (κ2) is 8.38. The van der Waals surface area contributed by atoms with E-state index >= 15 is 0 Å². The molecule has 0 aromatic heterocycles. The van der Waals surface area contributed by atoms with Crippen LogP contribution < -0.4 is 15.1 Å². The number of urea groups is 1. The van der Waals surface area contributed by atoms with Gasteiger partial charge in [-0.2, -0.15) is 0 Å². The van der Waals surface area contributed by atoms with Gasteiger partial charge in [0.1, 0.15) is 5.69 Å². The van der Waals surface area contributed by atoms with Crippen molar-refractivity contribution >= 4 is 28.8 Å². The molecule has 0 spiro atoms. The van der Waals surface area contributed by atoms with Crippen molar-refractivity contribution in [3.05, 3.63) is 58.6 Å². The number of carbonyl (C=O) groups excluding carboxylic acids is 1. The molecule has 2 aromatic rings. The van der Waals surface area contributed by atoms with Crippen LogP contribution in [-0.2, 0) is 0 Å². The fourth-order valence-corrected chi connectivity index (χ4v) is 4.04. The summed E-state index contributed by atoms with van der Waals surface area (Å²) in [5.74, 6) is 0. The predicted octanol–water partition coefficient (Wildman–Crippen LogP) is 3.55. The molecule has 0 radical (unpaired) electrons. The number of carbonyl (C=O) groups is 1. The summed E-state index contributed by atoms with van der Waals surface area (Å²) >= 11 is 0. The smallest absolute Gasteiger partial charge is 0.322 e. The molecule has 0 atom stereocenters. The first-order valence-electron chi connectivity index (χ1n) is 10.0. The molecular formula is C21H25N5O3. The molecule has 2 aliphatic heterocycles. The first-order chi connectivity index (χ1) is 14.1. The van der Waals surface area contributed by atoms with E-state index in [9.17, 15) is 14.9 Å². The van der Waals surface area contributed by atoms with Gasteiger partial charge in [-0.3, -0.25) is 10.1 Å². The summed E-state index contributed by atoms with van der Waals surface area (Å²) in [6.07, 6.45) is 2.35. The Morgan fingerprint density at radius 2 is 1.41 bits per heavy atom. The number of hydrogen-bond donors (Lipinski definition) is 1. The second-order valence-electron chi connectivity index (χ2n) is 7.36. The molecule has 4 rings (SSSR count). The number of rotatable bonds is 4. The summed E-state index contributed by atoms with van der Waals surface area (Å²) in [6.45, 7) is 4.19. The van der Waals surface area contributed by atoms with E-state index in [0.29, 0.717) is 31.9 Å². The molecule has 29 heavy (non-hydrogen) atoms. The summed E-state index contributed by atoms with van der Waals surface area (Å²) in [5.41, 5.74) is 2.61. The van der Waals surface area contributed by atoms with Gasteiger partial charge in [-0.25, -0.2) is 4.79 Å². The Balaban J connectivity index is 1.40. The molecule has 2 aliphatic rings. The highest BCUT2D eigenvalue weighted by Gasteiger charge is 2.26. The molecule has 2 saturated heterocycles. The van der Waals surface area contributed by atoms with Gasteiger partial charge >= 0.3 is 6.03 Å². The quantitative estimate of drug-likeness (QED) is 0.632. The topological polar surface area (TPSA) is 82.0 Å². The van der Waals surface area contributed by atoms with Crippen molar-refractivity contribution < 1.29 is 9.72 Å². The maximum Gasteiger partial charge on any atom is 0.322 e. The van der Waals surface area contributed by atoms with Crippen molar-refractivity contribution in [2.45, 2.75) is 12.8 Å². The third-order valence-corrected chi connectivity index (χ3v) is 5.58. The molecule has 2 amide bonds. The number of nitrogens with zero attached hydrogens (tertiary/aromatic N) is 4. The molecule has 2 aromatic carbocycles. The van der Waals surface area contributed by atoms with Gasteiger partial charge in [0.2, 0.25) is 0 Å². The molecule has 0 unspecified atom stereocenters. The zero-order valence-electron chi connectivity index (χ0n) is 16.3. The van der Waals surface area contributed by atoms with E-state index in [-0.39, 0.29) is 16.6 Å². The fraction of sp³-hybridized carbons (Fsp3) is 0.381. The van der Waals surface area contributed by atoms with E-state index in [1.54, 1.807) is 23.1 Å². The lowest BCUT2D eigenvalue weighted by molar-refractivity contribution is -0.384. The number of hydrogen-bond acceptors (Lipinski definition) is 5. The van der Waals surface area contributed by atoms with Crippen molar-refractivity contribution in [3.63, 3.8) is 0 Å². The Morgan fingerprint density at radius 1 is 0.828 bits per heavy atom. The molecule has 8 nitrogen and oxygen atoms in total. The van der Waals surface area contributed by atoms with Crippen LogP contribution in [0.2, 0.25) is 0 Å². The average molecular weight is 395 g/mol. The molecule has 1 N–H and O–H groups in total. The van der Waals surface area contributed by atoms with Crippen LogP contribution in [-0.4, -0.2) is 55.1 Å². The van der Waals surface area contributed by atoms with Crippen LogP contribution in [0.4, 0.5) is 27.5 Å². The van der Waals surface area contributed by atoms with Gasteiger partial charge in [0.25, 0.3) is 5.69 Å². The van der Waals surface area contributed by atoms with Crippen LogP contribution in [0, 0.1) is 10.1 Å². The number of nitrogens with one attached hydrogen (secondary N) is 1. The summed E-state index contributed by atoms with van der Waals surface area (Å²) in [7, 11) is 0. The second-order valence-corrected chi connectivity index (χ2v) is 7.36. The zero-order valence-corrected chi connectivity index (χ0v) is 16.3. The van der Waals surface area contributed by atoms with Gasteiger partial charge in [-0.05, 0) is 31.0 Å². The Kier molecular flexibility index (Phi) is 5.50. The molecule has 0 saturated carbocycles. The maximum atomic E-state index is 12.8. The number of nitro groups is 1. The van der Waals surface area contributed by atoms with E-state index < -0.39 is 0 Å². The lowest BCUT2D eigenvalue weighted by Gasteiger charge is -2.36. The number of piperazine rings is 1. The van der Waals surface area contributed by atoms with Gasteiger partial charge in [-0.1, -0.05) is 24.3 Å². The van der Waals surface area contributed by atoms with Crippen molar-refractivity contribution in [2.24, 2.45) is 0 Å². The first-order valence-corrected chi connectivity index (χ1v) is 10.0. The van der Waals surface area contributed by atoms with Crippen LogP contribution in [0.25, 0.3) is 0 Å².